The summed E-state index contributed by atoms with van der Waals surface area (Å²) in [6.07, 6.45) is 0. The van der Waals surface area contributed by atoms with Gasteiger partial charge in [0.1, 0.15) is 10.6 Å². The van der Waals surface area contributed by atoms with Crippen molar-refractivity contribution >= 4 is 27.3 Å². The number of nitrogens with zero attached hydrogens (tertiary/aromatic N) is 2. The largest absolute Gasteiger partial charge is 0.438 e. The summed E-state index contributed by atoms with van der Waals surface area (Å²) < 4.78 is 6.18. The van der Waals surface area contributed by atoms with Crippen LogP contribution in [0, 0.1) is 0 Å². The summed E-state index contributed by atoms with van der Waals surface area (Å²) in [4.78, 5) is 23.3. The van der Waals surface area contributed by atoms with E-state index in [4.69, 9.17) is 20.4 Å². The molecule has 0 spiro atoms. The van der Waals surface area contributed by atoms with Gasteiger partial charge in [-0.3, -0.25) is 4.79 Å². The molecule has 2 heterocycles. The van der Waals surface area contributed by atoms with Crippen LogP contribution in [0.3, 0.4) is 0 Å². The highest BCUT2D eigenvalue weighted by Gasteiger charge is 2.16. The van der Waals surface area contributed by atoms with E-state index in [0.29, 0.717) is 23.0 Å². The number of hydrogen-bond donors (Lipinski definition) is 1. The van der Waals surface area contributed by atoms with Gasteiger partial charge in [0, 0.05) is 16.0 Å². The molecule has 5 rings (SSSR count). The molecule has 0 atom stereocenters. The molecule has 0 aliphatic rings. The van der Waals surface area contributed by atoms with Crippen molar-refractivity contribution in [3.8, 4) is 33.5 Å². The van der Waals surface area contributed by atoms with E-state index in [1.165, 1.54) is 0 Å². The number of ether oxygens (including phenoxy) is 1. The van der Waals surface area contributed by atoms with Crippen molar-refractivity contribution in [1.29, 1.82) is 0 Å². The predicted molar refractivity (Wildman–Crippen MR) is 128 cm³/mol. The molecule has 0 amide bonds. The van der Waals surface area contributed by atoms with Crippen LogP contribution in [0.1, 0.15) is 10.4 Å². The summed E-state index contributed by atoms with van der Waals surface area (Å²) in [5, 5.41) is 0.843. The Balaban J connectivity index is 1.60. The van der Waals surface area contributed by atoms with E-state index in [2.05, 4.69) is 18.2 Å². The van der Waals surface area contributed by atoms with Crippen molar-refractivity contribution in [3.63, 3.8) is 0 Å². The van der Waals surface area contributed by atoms with Crippen LogP contribution in [0.5, 0.6) is 11.6 Å². The fourth-order valence-electron chi connectivity index (χ4n) is 3.37. The number of aromatic nitrogens is 2. The normalized spacial score (nSPS) is 10.9. The molecule has 0 aliphatic heterocycles. The van der Waals surface area contributed by atoms with Gasteiger partial charge in [-0.1, -0.05) is 60.7 Å². The van der Waals surface area contributed by atoms with Crippen molar-refractivity contribution in [2.24, 2.45) is 5.73 Å². The second kappa shape index (κ2) is 8.70. The van der Waals surface area contributed by atoms with Gasteiger partial charge in [0.05, 0.1) is 11.9 Å². The first kappa shape index (κ1) is 20.1. The van der Waals surface area contributed by atoms with E-state index in [9.17, 15) is 4.79 Å². The highest BCUT2D eigenvalue weighted by atomic mass is 32.1. The van der Waals surface area contributed by atoms with Crippen LogP contribution in [-0.4, -0.2) is 22.3 Å². The Bertz CT molecular complexity index is 1380. The number of benzene rings is 3. The lowest BCUT2D eigenvalue weighted by atomic mass is 10.1. The average molecular weight is 438 g/mol. The SMILES string of the molecule is NCC(=O)c1ccc(Oc2nc(-c3ccccc3)nc3sc(-c4ccccc4)cc23)cc1. The quantitative estimate of drug-likeness (QED) is 0.332. The molecule has 0 unspecified atom stereocenters. The number of hydrogen-bond acceptors (Lipinski definition) is 6. The van der Waals surface area contributed by atoms with Gasteiger partial charge in [-0.25, -0.2) is 4.98 Å². The maximum Gasteiger partial charge on any atom is 0.231 e. The number of nitrogens with two attached hydrogens (primary N) is 1. The third kappa shape index (κ3) is 4.01. The number of thiophene rings is 1. The third-order valence-corrected chi connectivity index (χ3v) is 6.10. The molecule has 0 bridgehead atoms. The summed E-state index contributed by atoms with van der Waals surface area (Å²) in [5.41, 5.74) is 8.04. The first-order chi connectivity index (χ1) is 15.7. The fraction of sp³-hybridized carbons (Fsp3) is 0.0385. The van der Waals surface area contributed by atoms with Crippen molar-refractivity contribution in [2.45, 2.75) is 0 Å². The van der Waals surface area contributed by atoms with Crippen LogP contribution in [0.2, 0.25) is 0 Å². The first-order valence-corrected chi connectivity index (χ1v) is 11.0. The summed E-state index contributed by atoms with van der Waals surface area (Å²) in [6.45, 7) is -0.0235. The van der Waals surface area contributed by atoms with Crippen molar-refractivity contribution in [1.82, 2.24) is 9.97 Å². The van der Waals surface area contributed by atoms with Gasteiger partial charge >= 0.3 is 0 Å². The lowest BCUT2D eigenvalue weighted by Crippen LogP contribution is -2.13. The second-order valence-corrected chi connectivity index (χ2v) is 8.20. The minimum atomic E-state index is -0.113. The smallest absolute Gasteiger partial charge is 0.231 e. The molecule has 0 saturated carbocycles. The zero-order valence-corrected chi connectivity index (χ0v) is 17.9. The Kier molecular flexibility index (Phi) is 5.46. The summed E-state index contributed by atoms with van der Waals surface area (Å²) in [7, 11) is 0. The zero-order chi connectivity index (χ0) is 21.9. The van der Waals surface area contributed by atoms with Crippen LogP contribution in [-0.2, 0) is 0 Å². The monoisotopic (exact) mass is 437 g/mol. The van der Waals surface area contributed by atoms with Gasteiger partial charge in [-0.2, -0.15) is 4.98 Å². The minimum absolute atomic E-state index is 0.0235. The number of fused-ring (bicyclic) bond motifs is 1. The van der Waals surface area contributed by atoms with Crippen LogP contribution >= 0.6 is 11.3 Å². The molecule has 5 nitrogen and oxygen atoms in total. The molecule has 0 radical (unpaired) electrons. The van der Waals surface area contributed by atoms with Gasteiger partial charge in [0.2, 0.25) is 5.88 Å². The van der Waals surface area contributed by atoms with Crippen LogP contribution in [0.15, 0.2) is 91.0 Å². The zero-order valence-electron chi connectivity index (χ0n) is 17.1. The van der Waals surface area contributed by atoms with Gasteiger partial charge in [-0.15, -0.1) is 11.3 Å². The van der Waals surface area contributed by atoms with Crippen molar-refractivity contribution < 1.29 is 9.53 Å². The number of ketones is 1. The highest BCUT2D eigenvalue weighted by molar-refractivity contribution is 7.21. The van der Waals surface area contributed by atoms with Crippen LogP contribution in [0.25, 0.3) is 32.0 Å². The van der Waals surface area contributed by atoms with E-state index >= 15 is 0 Å². The van der Waals surface area contributed by atoms with E-state index in [0.717, 1.165) is 26.2 Å². The van der Waals surface area contributed by atoms with E-state index in [1.54, 1.807) is 35.6 Å². The number of rotatable bonds is 6. The maximum atomic E-state index is 11.8. The Morgan fingerprint density at radius 1 is 0.844 bits per heavy atom. The fourth-order valence-corrected chi connectivity index (χ4v) is 4.40. The average Bonchev–Trinajstić information content (AvgIpc) is 3.30. The molecule has 3 aromatic carbocycles. The Morgan fingerprint density at radius 2 is 1.50 bits per heavy atom. The van der Waals surface area contributed by atoms with Gasteiger partial charge in [0.25, 0.3) is 0 Å². The molecule has 5 aromatic rings. The van der Waals surface area contributed by atoms with Crippen molar-refractivity contribution in [3.05, 3.63) is 96.6 Å². The van der Waals surface area contributed by atoms with E-state index in [1.807, 2.05) is 48.5 Å². The summed E-state index contributed by atoms with van der Waals surface area (Å²) in [5.74, 6) is 1.55. The van der Waals surface area contributed by atoms with Gasteiger partial charge < -0.3 is 10.5 Å². The van der Waals surface area contributed by atoms with Gasteiger partial charge in [0.15, 0.2) is 11.6 Å². The lowest BCUT2D eigenvalue weighted by molar-refractivity contribution is 0.100. The molecular formula is C26H19N3O2S. The molecule has 156 valence electrons. The standard InChI is InChI=1S/C26H19N3O2S/c27-16-22(30)17-11-13-20(14-12-17)31-25-21-15-23(18-7-3-1-4-8-18)32-26(21)29-24(28-25)19-9-5-2-6-10-19/h1-15H,16,27H2. The Morgan fingerprint density at radius 3 is 2.16 bits per heavy atom. The molecule has 0 aliphatic carbocycles. The molecule has 2 aromatic heterocycles. The molecule has 0 fully saturated rings. The number of carbonyl (C=O) groups excluding carboxylic acids is 1. The summed E-state index contributed by atoms with van der Waals surface area (Å²) >= 11 is 1.60. The number of Topliss-reactive ketones (excluding diaryl/α,β-unsaturated/α-hetero) is 1. The minimum Gasteiger partial charge on any atom is -0.438 e. The van der Waals surface area contributed by atoms with Crippen LogP contribution in [0.4, 0.5) is 0 Å². The Hall–Kier alpha value is -3.87. The van der Waals surface area contributed by atoms with Crippen LogP contribution < -0.4 is 10.5 Å². The predicted octanol–water partition coefficient (Wildman–Crippen LogP) is 5.96. The second-order valence-electron chi connectivity index (χ2n) is 7.17. The number of carbonyl (C=O) groups is 1. The molecule has 32 heavy (non-hydrogen) atoms. The Labute approximate surface area is 189 Å². The maximum absolute atomic E-state index is 11.8. The lowest BCUT2D eigenvalue weighted by Gasteiger charge is -2.09. The molecular weight excluding hydrogens is 418 g/mol. The molecule has 2 N–H and O–H groups in total. The van der Waals surface area contributed by atoms with Crippen molar-refractivity contribution in [2.75, 3.05) is 6.54 Å². The van der Waals surface area contributed by atoms with Gasteiger partial charge in [-0.05, 0) is 35.9 Å². The summed E-state index contributed by atoms with van der Waals surface area (Å²) in [6, 6.07) is 29.0. The van der Waals surface area contributed by atoms with E-state index < -0.39 is 0 Å². The first-order valence-electron chi connectivity index (χ1n) is 10.1. The molecule has 0 saturated heterocycles. The molecule has 6 heteroatoms. The highest BCUT2D eigenvalue weighted by Crippen LogP contribution is 2.38. The topological polar surface area (TPSA) is 78.1 Å². The van der Waals surface area contributed by atoms with E-state index in [-0.39, 0.29) is 12.3 Å². The third-order valence-electron chi connectivity index (χ3n) is 5.02.